The van der Waals surface area contributed by atoms with Crippen LogP contribution in [0.3, 0.4) is 0 Å². The van der Waals surface area contributed by atoms with E-state index in [1.807, 2.05) is 0 Å². The summed E-state index contributed by atoms with van der Waals surface area (Å²) in [5.41, 5.74) is 5.94. The van der Waals surface area contributed by atoms with Gasteiger partial charge in [0.15, 0.2) is 0 Å². The van der Waals surface area contributed by atoms with Crippen LogP contribution in [0.15, 0.2) is 29.2 Å². The van der Waals surface area contributed by atoms with E-state index in [4.69, 9.17) is 5.73 Å². The lowest BCUT2D eigenvalue weighted by atomic mass is 9.85. The van der Waals surface area contributed by atoms with Crippen LogP contribution in [0.4, 0.5) is 0 Å². The van der Waals surface area contributed by atoms with Crippen molar-refractivity contribution in [2.24, 2.45) is 11.7 Å². The summed E-state index contributed by atoms with van der Waals surface area (Å²) in [6.07, 6.45) is 3.45. The third kappa shape index (κ3) is 5.80. The zero-order chi connectivity index (χ0) is 18.7. The molecule has 1 amide bonds. The summed E-state index contributed by atoms with van der Waals surface area (Å²) in [5, 5.41) is 2.88. The molecule has 0 radical (unpaired) electrons. The highest BCUT2D eigenvalue weighted by Crippen LogP contribution is 2.23. The Labute approximate surface area is 150 Å². The van der Waals surface area contributed by atoms with Gasteiger partial charge in [-0.1, -0.05) is 24.6 Å². The molecule has 0 bridgehead atoms. The van der Waals surface area contributed by atoms with E-state index in [2.05, 4.69) is 10.0 Å². The van der Waals surface area contributed by atoms with Crippen LogP contribution in [-0.4, -0.2) is 25.9 Å². The average molecular weight is 368 g/mol. The third-order valence-electron chi connectivity index (χ3n) is 4.24. The van der Waals surface area contributed by atoms with Crippen molar-refractivity contribution in [3.8, 4) is 0 Å². The summed E-state index contributed by atoms with van der Waals surface area (Å²) in [6, 6.07) is 6.82. The van der Waals surface area contributed by atoms with Gasteiger partial charge in [0.05, 0.1) is 4.90 Å². The minimum atomic E-state index is -3.65. The molecule has 2 unspecified atom stereocenters. The van der Waals surface area contributed by atoms with Crippen molar-refractivity contribution in [3.05, 3.63) is 29.8 Å². The van der Waals surface area contributed by atoms with Gasteiger partial charge in [0.1, 0.15) is 0 Å². The number of hydrogen-bond acceptors (Lipinski definition) is 4. The highest BCUT2D eigenvalue weighted by Gasteiger charge is 2.27. The molecular weight excluding hydrogens is 338 g/mol. The Morgan fingerprint density at radius 2 is 1.92 bits per heavy atom. The molecule has 1 saturated carbocycles. The first-order valence-corrected chi connectivity index (χ1v) is 10.2. The fourth-order valence-corrected chi connectivity index (χ4v) is 4.82. The molecule has 1 aromatic rings. The fourth-order valence-electron chi connectivity index (χ4n) is 3.16. The van der Waals surface area contributed by atoms with Crippen LogP contribution < -0.4 is 15.8 Å². The number of nitrogens with two attached hydrogens (primary N) is 1. The van der Waals surface area contributed by atoms with Crippen molar-refractivity contribution >= 4 is 15.9 Å². The summed E-state index contributed by atoms with van der Waals surface area (Å²) >= 11 is 0. The van der Waals surface area contributed by atoms with Crippen molar-refractivity contribution in [1.29, 1.82) is 0 Å². The van der Waals surface area contributed by atoms with Crippen molar-refractivity contribution < 1.29 is 13.2 Å². The largest absolute Gasteiger partial charge is 0.352 e. The summed E-state index contributed by atoms with van der Waals surface area (Å²) in [6.45, 7) is 5.57. The van der Waals surface area contributed by atoms with Gasteiger partial charge in [-0.2, -0.15) is 0 Å². The van der Waals surface area contributed by atoms with Crippen LogP contribution in [0, 0.1) is 5.92 Å². The van der Waals surface area contributed by atoms with Crippen LogP contribution >= 0.6 is 0 Å². The second-order valence-corrected chi connectivity index (χ2v) is 9.46. The average Bonchev–Trinajstić information content (AvgIpc) is 2.50. The zero-order valence-electron chi connectivity index (χ0n) is 15.2. The van der Waals surface area contributed by atoms with Gasteiger partial charge in [-0.25, -0.2) is 13.1 Å². The Bertz CT molecular complexity index is 711. The molecule has 140 valence electrons. The second-order valence-electron chi connectivity index (χ2n) is 7.80. The highest BCUT2D eigenvalue weighted by atomic mass is 32.2. The first-order chi connectivity index (χ1) is 11.6. The van der Waals surface area contributed by atoms with Gasteiger partial charge in [0.25, 0.3) is 0 Å². The first-order valence-electron chi connectivity index (χ1n) is 8.74. The molecule has 1 aliphatic rings. The molecule has 2 rings (SSSR count). The summed E-state index contributed by atoms with van der Waals surface area (Å²) < 4.78 is 27.9. The van der Waals surface area contributed by atoms with Crippen molar-refractivity contribution in [1.82, 2.24) is 10.0 Å². The number of benzene rings is 1. The quantitative estimate of drug-likeness (QED) is 0.740. The molecule has 0 aliphatic heterocycles. The highest BCUT2D eigenvalue weighted by molar-refractivity contribution is 7.89. The molecule has 1 fully saturated rings. The smallest absolute Gasteiger partial charge is 0.241 e. The minimum Gasteiger partial charge on any atom is -0.352 e. The molecule has 25 heavy (non-hydrogen) atoms. The zero-order valence-corrected chi connectivity index (χ0v) is 16.0. The predicted octanol–water partition coefficient (Wildman–Crippen LogP) is 1.90. The van der Waals surface area contributed by atoms with Gasteiger partial charge in [0, 0.05) is 24.0 Å². The number of nitrogens with one attached hydrogen (secondary N) is 2. The molecule has 0 aromatic heterocycles. The molecule has 6 nitrogen and oxygen atoms in total. The normalized spacial score (nSPS) is 21.8. The lowest BCUT2D eigenvalue weighted by Gasteiger charge is -2.26. The lowest BCUT2D eigenvalue weighted by molar-refractivity contribution is -0.126. The molecule has 0 saturated heterocycles. The van der Waals surface area contributed by atoms with Crippen LogP contribution in [0.1, 0.15) is 52.0 Å². The van der Waals surface area contributed by atoms with E-state index in [9.17, 15) is 13.2 Å². The van der Waals surface area contributed by atoms with Gasteiger partial charge in [0.2, 0.25) is 15.9 Å². The molecule has 0 heterocycles. The van der Waals surface area contributed by atoms with Crippen molar-refractivity contribution in [2.75, 3.05) is 0 Å². The van der Waals surface area contributed by atoms with E-state index in [1.54, 1.807) is 45.0 Å². The Hall–Kier alpha value is -1.44. The van der Waals surface area contributed by atoms with Gasteiger partial charge >= 0.3 is 0 Å². The molecule has 2 atom stereocenters. The maximum atomic E-state index is 12.6. The van der Waals surface area contributed by atoms with E-state index in [-0.39, 0.29) is 29.3 Å². The summed E-state index contributed by atoms with van der Waals surface area (Å²) in [5.74, 6) is -0.133. The van der Waals surface area contributed by atoms with E-state index >= 15 is 0 Å². The van der Waals surface area contributed by atoms with E-state index < -0.39 is 15.6 Å². The Morgan fingerprint density at radius 3 is 2.56 bits per heavy atom. The van der Waals surface area contributed by atoms with Crippen LogP contribution in [-0.2, 0) is 21.4 Å². The Morgan fingerprint density at radius 1 is 1.24 bits per heavy atom. The molecule has 1 aliphatic carbocycles. The van der Waals surface area contributed by atoms with Gasteiger partial charge in [-0.15, -0.1) is 0 Å². The molecule has 4 N–H and O–H groups in total. The van der Waals surface area contributed by atoms with Gasteiger partial charge < -0.3 is 11.1 Å². The van der Waals surface area contributed by atoms with Crippen LogP contribution in [0.25, 0.3) is 0 Å². The lowest BCUT2D eigenvalue weighted by Crippen LogP contribution is -2.41. The molecule has 7 heteroatoms. The summed E-state index contributed by atoms with van der Waals surface area (Å²) in [7, 11) is -3.65. The Kier molecular flexibility index (Phi) is 6.24. The topological polar surface area (TPSA) is 101 Å². The Balaban J connectivity index is 2.09. The van der Waals surface area contributed by atoms with Gasteiger partial charge in [-0.3, -0.25) is 4.79 Å². The number of carbonyl (C=O) groups excluding carboxylic acids is 1. The minimum absolute atomic E-state index is 0.0499. The SMILES string of the molecule is CC(C)(C)NS(=O)(=O)c1ccccc1CNC(=O)C1CCCC(N)C1. The van der Waals surface area contributed by atoms with Crippen molar-refractivity contribution in [2.45, 2.75) is 69.5 Å². The van der Waals surface area contributed by atoms with Crippen LogP contribution in [0.2, 0.25) is 0 Å². The maximum absolute atomic E-state index is 12.6. The first kappa shape index (κ1) is 19.9. The number of amides is 1. The second kappa shape index (κ2) is 7.85. The maximum Gasteiger partial charge on any atom is 0.241 e. The fraction of sp³-hybridized carbons (Fsp3) is 0.611. The molecule has 0 spiro atoms. The molecular formula is C18H29N3O3S. The summed E-state index contributed by atoms with van der Waals surface area (Å²) in [4.78, 5) is 12.6. The van der Waals surface area contributed by atoms with E-state index in [0.29, 0.717) is 12.0 Å². The van der Waals surface area contributed by atoms with Gasteiger partial charge in [-0.05, 0) is 51.7 Å². The van der Waals surface area contributed by atoms with E-state index in [0.717, 1.165) is 19.3 Å². The number of rotatable bonds is 5. The van der Waals surface area contributed by atoms with Crippen LogP contribution in [0.5, 0.6) is 0 Å². The monoisotopic (exact) mass is 367 g/mol. The predicted molar refractivity (Wildman–Crippen MR) is 98.3 cm³/mol. The number of carbonyl (C=O) groups is 1. The van der Waals surface area contributed by atoms with E-state index in [1.165, 1.54) is 0 Å². The number of sulfonamides is 1. The third-order valence-corrected chi connectivity index (χ3v) is 6.10. The molecule has 1 aromatic carbocycles. The standard InChI is InChI=1S/C18H29N3O3S/c1-18(2,3)21-25(23,24)16-10-5-4-7-14(16)12-20-17(22)13-8-6-9-15(19)11-13/h4-5,7,10,13,15,21H,6,8-9,11-12,19H2,1-3H3,(H,20,22). The number of hydrogen-bond donors (Lipinski definition) is 3. The van der Waals surface area contributed by atoms with Crippen molar-refractivity contribution in [3.63, 3.8) is 0 Å².